The van der Waals surface area contributed by atoms with Crippen molar-refractivity contribution in [2.75, 3.05) is 6.54 Å². The molecule has 0 radical (unpaired) electrons. The predicted molar refractivity (Wildman–Crippen MR) is 79.6 cm³/mol. The second kappa shape index (κ2) is 7.19. The highest BCUT2D eigenvalue weighted by atomic mass is 32.1. The van der Waals surface area contributed by atoms with Crippen LogP contribution in [0.3, 0.4) is 0 Å². The number of hydrogen-bond donors (Lipinski definition) is 1. The third-order valence-corrected chi connectivity index (χ3v) is 4.19. The fourth-order valence-electron chi connectivity index (χ4n) is 1.97. The van der Waals surface area contributed by atoms with Crippen LogP contribution < -0.4 is 5.32 Å². The lowest BCUT2D eigenvalue weighted by Gasteiger charge is -2.12. The first-order valence-corrected chi connectivity index (χ1v) is 7.69. The summed E-state index contributed by atoms with van der Waals surface area (Å²) in [5.41, 5.74) is 2.98. The summed E-state index contributed by atoms with van der Waals surface area (Å²) in [6, 6.07) is 1.86. The highest BCUT2D eigenvalue weighted by Crippen LogP contribution is 2.13. The van der Waals surface area contributed by atoms with E-state index in [1.807, 2.05) is 31.6 Å². The lowest BCUT2D eigenvalue weighted by Crippen LogP contribution is -2.32. The summed E-state index contributed by atoms with van der Waals surface area (Å²) < 4.78 is 1.78. The quantitative estimate of drug-likeness (QED) is 0.794. The molecule has 2 aromatic rings. The minimum Gasteiger partial charge on any atom is -0.356 e. The van der Waals surface area contributed by atoms with Crippen LogP contribution in [0.1, 0.15) is 23.9 Å². The predicted octanol–water partition coefficient (Wildman–Crippen LogP) is 2.03. The maximum Gasteiger partial charge on any atom is 0.224 e. The van der Waals surface area contributed by atoms with Gasteiger partial charge in [0.15, 0.2) is 0 Å². The van der Waals surface area contributed by atoms with E-state index in [9.17, 15) is 4.79 Å². The number of nitrogens with one attached hydrogen (secondary N) is 1. The lowest BCUT2D eigenvalue weighted by atomic mass is 10.1. The second-order valence-corrected chi connectivity index (χ2v) is 5.82. The molecule has 1 N–H and O–H groups in total. The molecular weight excluding hydrogens is 272 g/mol. The third kappa shape index (κ3) is 4.16. The zero-order chi connectivity index (χ0) is 14.4. The van der Waals surface area contributed by atoms with E-state index in [2.05, 4.69) is 15.4 Å². The first-order chi connectivity index (χ1) is 9.66. The molecule has 1 atom stereocenters. The van der Waals surface area contributed by atoms with E-state index in [0.717, 1.165) is 18.5 Å². The monoisotopic (exact) mass is 292 g/mol. The van der Waals surface area contributed by atoms with Crippen molar-refractivity contribution in [2.45, 2.75) is 33.2 Å². The highest BCUT2D eigenvalue weighted by Gasteiger charge is 2.13. The Morgan fingerprint density at radius 1 is 1.55 bits per heavy atom. The van der Waals surface area contributed by atoms with Gasteiger partial charge in [-0.05, 0) is 25.8 Å². The van der Waals surface area contributed by atoms with Gasteiger partial charge in [-0.3, -0.25) is 9.48 Å². The Morgan fingerprint density at radius 3 is 3.05 bits per heavy atom. The van der Waals surface area contributed by atoms with E-state index in [-0.39, 0.29) is 11.8 Å². The van der Waals surface area contributed by atoms with Crippen LogP contribution in [0, 0.1) is 12.8 Å². The molecule has 0 aliphatic heterocycles. The van der Waals surface area contributed by atoms with Gasteiger partial charge in [-0.2, -0.15) is 5.10 Å². The zero-order valence-corrected chi connectivity index (χ0v) is 12.7. The Bertz CT molecular complexity index is 535. The molecule has 1 amide bonds. The van der Waals surface area contributed by atoms with Gasteiger partial charge >= 0.3 is 0 Å². The third-order valence-electron chi connectivity index (χ3n) is 3.19. The van der Waals surface area contributed by atoms with Crippen molar-refractivity contribution in [3.05, 3.63) is 34.5 Å². The molecule has 2 rings (SSSR count). The van der Waals surface area contributed by atoms with Gasteiger partial charge in [0.2, 0.25) is 5.91 Å². The van der Waals surface area contributed by atoms with E-state index in [1.165, 1.54) is 4.88 Å². The molecule has 0 saturated heterocycles. The number of rotatable bonds is 7. The molecule has 2 heterocycles. The molecule has 0 aromatic carbocycles. The Kier molecular flexibility index (Phi) is 5.29. The largest absolute Gasteiger partial charge is 0.356 e. The van der Waals surface area contributed by atoms with E-state index in [4.69, 9.17) is 0 Å². The smallest absolute Gasteiger partial charge is 0.224 e. The molecule has 0 saturated carbocycles. The maximum absolute atomic E-state index is 11.9. The number of carbonyl (C=O) groups excluding carboxylic acids is 1. The standard InChI is InChI=1S/C14H20N4OS/c1-11(9-18-8-4-7-17-18)14(19)15-6-3-5-13-12(2)16-10-20-13/h4,7-8,10-11H,3,5-6,9H2,1-2H3,(H,15,19)/t11-/m0/s1. The number of aryl methyl sites for hydroxylation is 2. The molecule has 5 nitrogen and oxygen atoms in total. The first-order valence-electron chi connectivity index (χ1n) is 6.81. The lowest BCUT2D eigenvalue weighted by molar-refractivity contribution is -0.124. The van der Waals surface area contributed by atoms with E-state index in [1.54, 1.807) is 22.2 Å². The van der Waals surface area contributed by atoms with Crippen LogP contribution in [0.2, 0.25) is 0 Å². The SMILES string of the molecule is Cc1ncsc1CCCNC(=O)[C@@H](C)Cn1cccn1. The van der Waals surface area contributed by atoms with Gasteiger partial charge < -0.3 is 5.32 Å². The van der Waals surface area contributed by atoms with Crippen molar-refractivity contribution in [3.63, 3.8) is 0 Å². The average molecular weight is 292 g/mol. The molecule has 6 heteroatoms. The van der Waals surface area contributed by atoms with Gasteiger partial charge in [0.05, 0.1) is 23.7 Å². The number of amides is 1. The van der Waals surface area contributed by atoms with Crippen molar-refractivity contribution >= 4 is 17.2 Å². The summed E-state index contributed by atoms with van der Waals surface area (Å²) in [5.74, 6) is 0.0153. The second-order valence-electron chi connectivity index (χ2n) is 4.88. The van der Waals surface area contributed by atoms with Crippen LogP contribution in [-0.2, 0) is 17.8 Å². The van der Waals surface area contributed by atoms with Gasteiger partial charge in [-0.1, -0.05) is 6.92 Å². The highest BCUT2D eigenvalue weighted by molar-refractivity contribution is 7.09. The molecule has 20 heavy (non-hydrogen) atoms. The zero-order valence-electron chi connectivity index (χ0n) is 11.9. The Hall–Kier alpha value is -1.69. The average Bonchev–Trinajstić information content (AvgIpc) is 3.06. The molecule has 0 aliphatic carbocycles. The molecule has 108 valence electrons. The van der Waals surface area contributed by atoms with Gasteiger partial charge in [-0.25, -0.2) is 4.98 Å². The fraction of sp³-hybridized carbons (Fsp3) is 0.500. The van der Waals surface area contributed by atoms with Crippen molar-refractivity contribution in [1.82, 2.24) is 20.1 Å². The summed E-state index contributed by atoms with van der Waals surface area (Å²) in [7, 11) is 0. The van der Waals surface area contributed by atoms with Crippen molar-refractivity contribution in [3.8, 4) is 0 Å². The van der Waals surface area contributed by atoms with E-state index < -0.39 is 0 Å². The maximum atomic E-state index is 11.9. The van der Waals surface area contributed by atoms with Crippen LogP contribution in [0.15, 0.2) is 24.0 Å². The minimum absolute atomic E-state index is 0.0694. The minimum atomic E-state index is -0.0694. The van der Waals surface area contributed by atoms with Crippen LogP contribution in [-0.4, -0.2) is 27.2 Å². The summed E-state index contributed by atoms with van der Waals surface area (Å²) in [5, 5.41) is 7.09. The van der Waals surface area contributed by atoms with Gasteiger partial charge in [0.25, 0.3) is 0 Å². The Labute approximate surface area is 123 Å². The number of hydrogen-bond acceptors (Lipinski definition) is 4. The number of thiazole rings is 1. The molecule has 0 fully saturated rings. The Balaban J connectivity index is 1.66. The van der Waals surface area contributed by atoms with Crippen LogP contribution >= 0.6 is 11.3 Å². The first kappa shape index (κ1) is 14.7. The number of nitrogens with zero attached hydrogens (tertiary/aromatic N) is 3. The van der Waals surface area contributed by atoms with Crippen LogP contribution in [0.5, 0.6) is 0 Å². The van der Waals surface area contributed by atoms with Crippen LogP contribution in [0.25, 0.3) is 0 Å². The number of aromatic nitrogens is 3. The summed E-state index contributed by atoms with van der Waals surface area (Å²) in [4.78, 5) is 17.5. The molecule has 0 aliphatic rings. The molecule has 0 unspecified atom stereocenters. The molecule has 0 spiro atoms. The molecular formula is C14H20N4OS. The van der Waals surface area contributed by atoms with Crippen LogP contribution in [0.4, 0.5) is 0 Å². The normalized spacial score (nSPS) is 12.3. The van der Waals surface area contributed by atoms with E-state index >= 15 is 0 Å². The van der Waals surface area contributed by atoms with E-state index in [0.29, 0.717) is 13.1 Å². The van der Waals surface area contributed by atoms with Gasteiger partial charge in [-0.15, -0.1) is 11.3 Å². The summed E-state index contributed by atoms with van der Waals surface area (Å²) in [6.45, 7) is 5.27. The fourth-order valence-corrected chi connectivity index (χ4v) is 2.80. The topological polar surface area (TPSA) is 59.8 Å². The Morgan fingerprint density at radius 2 is 2.40 bits per heavy atom. The number of carbonyl (C=O) groups is 1. The van der Waals surface area contributed by atoms with Crippen molar-refractivity contribution in [2.24, 2.45) is 5.92 Å². The van der Waals surface area contributed by atoms with Gasteiger partial charge in [0, 0.05) is 23.8 Å². The van der Waals surface area contributed by atoms with Crippen molar-refractivity contribution < 1.29 is 4.79 Å². The molecule has 2 aromatic heterocycles. The van der Waals surface area contributed by atoms with Gasteiger partial charge in [0.1, 0.15) is 0 Å². The van der Waals surface area contributed by atoms with Crippen molar-refractivity contribution in [1.29, 1.82) is 0 Å². The molecule has 0 bridgehead atoms. The summed E-state index contributed by atoms with van der Waals surface area (Å²) >= 11 is 1.68. The summed E-state index contributed by atoms with van der Waals surface area (Å²) in [6.07, 6.45) is 5.52.